The summed E-state index contributed by atoms with van der Waals surface area (Å²) in [5.41, 5.74) is 0.721. The highest BCUT2D eigenvalue weighted by Crippen LogP contribution is 2.33. The number of urea groups is 1. The fraction of sp³-hybridized carbons (Fsp3) is 0.500. The van der Waals surface area contributed by atoms with E-state index < -0.39 is 0 Å². The van der Waals surface area contributed by atoms with Crippen molar-refractivity contribution in [2.24, 2.45) is 0 Å². The summed E-state index contributed by atoms with van der Waals surface area (Å²) in [6.07, 6.45) is 1.86. The van der Waals surface area contributed by atoms with E-state index in [1.807, 2.05) is 15.9 Å². The molecule has 0 aliphatic carbocycles. The maximum Gasteiger partial charge on any atom is 0.317 e. The second-order valence-electron chi connectivity index (χ2n) is 5.56. The zero-order chi connectivity index (χ0) is 15.7. The Kier molecular flexibility index (Phi) is 4.19. The fourth-order valence-corrected chi connectivity index (χ4v) is 3.52. The largest absolute Gasteiger partial charge is 0.364 e. The van der Waals surface area contributed by atoms with Crippen molar-refractivity contribution in [3.05, 3.63) is 32.8 Å². The van der Waals surface area contributed by atoms with Crippen molar-refractivity contribution in [3.8, 4) is 0 Å². The van der Waals surface area contributed by atoms with Gasteiger partial charge in [0.25, 0.3) is 5.69 Å². The number of benzene rings is 1. The van der Waals surface area contributed by atoms with Gasteiger partial charge in [-0.2, -0.15) is 0 Å². The standard InChI is InChI=1S/C14H17BrN4O3/c15-10-3-4-12(13(8-10)19(21)22)17-6-1-2-11(9-17)18-7-5-16-14(18)20/h3-4,8,11H,1-2,5-7,9H2,(H,16,20). The molecule has 1 unspecified atom stereocenters. The van der Waals surface area contributed by atoms with Gasteiger partial charge in [0.05, 0.1) is 11.0 Å². The molecule has 2 saturated heterocycles. The van der Waals surface area contributed by atoms with Crippen molar-refractivity contribution in [2.75, 3.05) is 31.1 Å². The number of nitro benzene ring substituents is 1. The lowest BCUT2D eigenvalue weighted by molar-refractivity contribution is -0.384. The van der Waals surface area contributed by atoms with Crippen LogP contribution in [0.5, 0.6) is 0 Å². The summed E-state index contributed by atoms with van der Waals surface area (Å²) in [4.78, 5) is 26.6. The number of carbonyl (C=O) groups is 1. The van der Waals surface area contributed by atoms with Gasteiger partial charge in [0.15, 0.2) is 0 Å². The molecular weight excluding hydrogens is 352 g/mol. The van der Waals surface area contributed by atoms with Crippen LogP contribution in [0.4, 0.5) is 16.2 Å². The first-order chi connectivity index (χ1) is 10.6. The highest BCUT2D eigenvalue weighted by molar-refractivity contribution is 9.10. The number of piperidine rings is 1. The van der Waals surface area contributed by atoms with Crippen LogP contribution >= 0.6 is 15.9 Å². The molecule has 1 N–H and O–H groups in total. The van der Waals surface area contributed by atoms with Crippen LogP contribution in [0.15, 0.2) is 22.7 Å². The highest BCUT2D eigenvalue weighted by Gasteiger charge is 2.33. The van der Waals surface area contributed by atoms with Crippen LogP contribution in [0.2, 0.25) is 0 Å². The minimum Gasteiger partial charge on any atom is -0.364 e. The zero-order valence-electron chi connectivity index (χ0n) is 12.0. The molecule has 7 nitrogen and oxygen atoms in total. The van der Waals surface area contributed by atoms with E-state index in [4.69, 9.17) is 0 Å². The SMILES string of the molecule is O=C1NCCN1C1CCCN(c2ccc(Br)cc2[N+](=O)[O-])C1. The van der Waals surface area contributed by atoms with Crippen LogP contribution in [0.1, 0.15) is 12.8 Å². The third kappa shape index (κ3) is 2.87. The Labute approximate surface area is 136 Å². The van der Waals surface area contributed by atoms with Crippen molar-refractivity contribution in [1.29, 1.82) is 0 Å². The van der Waals surface area contributed by atoms with Gasteiger partial charge in [-0.1, -0.05) is 15.9 Å². The Morgan fingerprint density at radius 2 is 2.18 bits per heavy atom. The summed E-state index contributed by atoms with van der Waals surface area (Å²) in [6, 6.07) is 5.20. The normalized spacial score (nSPS) is 21.9. The second kappa shape index (κ2) is 6.12. The molecule has 2 aliphatic heterocycles. The molecule has 2 fully saturated rings. The summed E-state index contributed by atoms with van der Waals surface area (Å²) in [6.45, 7) is 2.79. The predicted molar refractivity (Wildman–Crippen MR) is 86.1 cm³/mol. The number of anilines is 1. The van der Waals surface area contributed by atoms with Crippen molar-refractivity contribution in [3.63, 3.8) is 0 Å². The van der Waals surface area contributed by atoms with E-state index in [0.29, 0.717) is 29.8 Å². The molecule has 2 aliphatic rings. The van der Waals surface area contributed by atoms with Gasteiger partial charge in [0, 0.05) is 36.7 Å². The highest BCUT2D eigenvalue weighted by atomic mass is 79.9. The average Bonchev–Trinajstić information content (AvgIpc) is 2.93. The number of hydrogen-bond donors (Lipinski definition) is 1. The summed E-state index contributed by atoms with van der Waals surface area (Å²) in [5, 5.41) is 14.1. The van der Waals surface area contributed by atoms with Crippen LogP contribution in [0, 0.1) is 10.1 Å². The molecular formula is C14H17BrN4O3. The van der Waals surface area contributed by atoms with Gasteiger partial charge >= 0.3 is 6.03 Å². The Morgan fingerprint density at radius 1 is 1.36 bits per heavy atom. The number of carbonyl (C=O) groups excluding carboxylic acids is 1. The number of hydrogen-bond acceptors (Lipinski definition) is 4. The summed E-state index contributed by atoms with van der Waals surface area (Å²) in [7, 11) is 0. The summed E-state index contributed by atoms with van der Waals surface area (Å²) < 4.78 is 0.690. The molecule has 0 aromatic heterocycles. The lowest BCUT2D eigenvalue weighted by Gasteiger charge is -2.38. The van der Waals surface area contributed by atoms with Gasteiger partial charge in [-0.05, 0) is 25.0 Å². The number of halogens is 1. The zero-order valence-corrected chi connectivity index (χ0v) is 13.6. The van der Waals surface area contributed by atoms with E-state index in [1.54, 1.807) is 6.07 Å². The van der Waals surface area contributed by atoms with E-state index >= 15 is 0 Å². The first kappa shape index (κ1) is 15.1. The Hall–Kier alpha value is -1.83. The lowest BCUT2D eigenvalue weighted by atomic mass is 10.0. The Balaban J connectivity index is 1.83. The van der Waals surface area contributed by atoms with Gasteiger partial charge in [-0.15, -0.1) is 0 Å². The van der Waals surface area contributed by atoms with Crippen molar-refractivity contribution < 1.29 is 9.72 Å². The smallest absolute Gasteiger partial charge is 0.317 e. The van der Waals surface area contributed by atoms with Gasteiger partial charge < -0.3 is 15.1 Å². The molecule has 0 saturated carbocycles. The van der Waals surface area contributed by atoms with E-state index in [2.05, 4.69) is 21.2 Å². The number of nitro groups is 1. The molecule has 2 amide bonds. The second-order valence-corrected chi connectivity index (χ2v) is 6.47. The monoisotopic (exact) mass is 368 g/mol. The third-order valence-electron chi connectivity index (χ3n) is 4.20. The molecule has 1 aromatic rings. The van der Waals surface area contributed by atoms with Gasteiger partial charge in [0.1, 0.15) is 5.69 Å². The number of nitrogens with zero attached hydrogens (tertiary/aromatic N) is 3. The molecule has 3 rings (SSSR count). The fourth-order valence-electron chi connectivity index (χ4n) is 3.17. The van der Waals surface area contributed by atoms with Crippen LogP contribution in [-0.4, -0.2) is 48.1 Å². The topological polar surface area (TPSA) is 78.7 Å². The van der Waals surface area contributed by atoms with Crippen LogP contribution in [-0.2, 0) is 0 Å². The molecule has 0 spiro atoms. The molecule has 2 heterocycles. The number of rotatable bonds is 3. The maximum atomic E-state index is 11.8. The summed E-state index contributed by atoms with van der Waals surface area (Å²) in [5.74, 6) is 0. The van der Waals surface area contributed by atoms with Crippen LogP contribution in [0.3, 0.4) is 0 Å². The molecule has 0 bridgehead atoms. The molecule has 118 valence electrons. The van der Waals surface area contributed by atoms with E-state index in [0.717, 1.165) is 19.4 Å². The van der Waals surface area contributed by atoms with Gasteiger partial charge in [-0.3, -0.25) is 10.1 Å². The molecule has 22 heavy (non-hydrogen) atoms. The van der Waals surface area contributed by atoms with Crippen LogP contribution in [0.25, 0.3) is 0 Å². The van der Waals surface area contributed by atoms with Gasteiger partial charge in [-0.25, -0.2) is 4.79 Å². The molecule has 8 heteroatoms. The lowest BCUT2D eigenvalue weighted by Crippen LogP contribution is -2.49. The first-order valence-electron chi connectivity index (χ1n) is 7.29. The summed E-state index contributed by atoms with van der Waals surface area (Å²) >= 11 is 3.28. The third-order valence-corrected chi connectivity index (χ3v) is 4.70. The quantitative estimate of drug-likeness (QED) is 0.655. The maximum absolute atomic E-state index is 11.8. The minimum absolute atomic E-state index is 0.0304. The van der Waals surface area contributed by atoms with Crippen molar-refractivity contribution in [1.82, 2.24) is 10.2 Å². The van der Waals surface area contributed by atoms with E-state index in [9.17, 15) is 14.9 Å². The number of amides is 2. The molecule has 1 aromatic carbocycles. The first-order valence-corrected chi connectivity index (χ1v) is 8.09. The van der Waals surface area contributed by atoms with Crippen LogP contribution < -0.4 is 10.2 Å². The predicted octanol–water partition coefficient (Wildman–Crippen LogP) is 2.35. The van der Waals surface area contributed by atoms with Crippen molar-refractivity contribution >= 4 is 33.3 Å². The van der Waals surface area contributed by atoms with E-state index in [-0.39, 0.29) is 22.7 Å². The van der Waals surface area contributed by atoms with E-state index in [1.165, 1.54) is 6.07 Å². The Morgan fingerprint density at radius 3 is 2.86 bits per heavy atom. The molecule has 0 radical (unpaired) electrons. The minimum atomic E-state index is -0.355. The average molecular weight is 369 g/mol. The Bertz CT molecular complexity index is 610. The van der Waals surface area contributed by atoms with Crippen molar-refractivity contribution in [2.45, 2.75) is 18.9 Å². The molecule has 1 atom stereocenters. The van der Waals surface area contributed by atoms with Gasteiger partial charge in [0.2, 0.25) is 0 Å². The number of nitrogens with one attached hydrogen (secondary N) is 1.